The van der Waals surface area contributed by atoms with E-state index in [0.29, 0.717) is 5.70 Å². The van der Waals surface area contributed by atoms with Crippen molar-refractivity contribution in [3.8, 4) is 0 Å². The van der Waals surface area contributed by atoms with Gasteiger partial charge in [0.15, 0.2) is 0 Å². The summed E-state index contributed by atoms with van der Waals surface area (Å²) in [5.74, 6) is 0. The number of rotatable bonds is 0. The quantitative estimate of drug-likeness (QED) is 0.346. The second-order valence-corrected chi connectivity index (χ2v) is 3.17. The van der Waals surface area contributed by atoms with Crippen LogP contribution in [0.15, 0.2) is 11.3 Å². The monoisotopic (exact) mass is 156 g/mol. The minimum Gasteiger partial charge on any atom is -0.401 e. The van der Waals surface area contributed by atoms with Crippen molar-refractivity contribution in [1.29, 1.82) is 0 Å². The smallest absolute Gasteiger partial charge is 0.0596 e. The summed E-state index contributed by atoms with van der Waals surface area (Å²) in [6.07, 6.45) is 0.730. The molecule has 11 heavy (non-hydrogen) atoms. The van der Waals surface area contributed by atoms with Gasteiger partial charge in [-0.05, 0) is 18.9 Å². The predicted molar refractivity (Wildman–Crippen MR) is 45.4 cm³/mol. The van der Waals surface area contributed by atoms with E-state index in [1.807, 2.05) is 6.92 Å². The van der Waals surface area contributed by atoms with Gasteiger partial charge in [-0.25, -0.2) is 0 Å². The minimum atomic E-state index is -0.213. The summed E-state index contributed by atoms with van der Waals surface area (Å²) in [7, 11) is 0. The van der Waals surface area contributed by atoms with Crippen molar-refractivity contribution in [1.82, 2.24) is 0 Å². The van der Waals surface area contributed by atoms with Crippen LogP contribution < -0.4 is 22.9 Å². The molecule has 2 unspecified atom stereocenters. The molecule has 4 heteroatoms. The molecule has 0 amide bonds. The molecule has 0 bridgehead atoms. The molecule has 1 aliphatic rings. The van der Waals surface area contributed by atoms with Crippen LogP contribution in [0.5, 0.6) is 0 Å². The molecule has 8 N–H and O–H groups in total. The molecular weight excluding hydrogens is 140 g/mol. The van der Waals surface area contributed by atoms with E-state index in [4.69, 9.17) is 22.9 Å². The van der Waals surface area contributed by atoms with Crippen LogP contribution >= 0.6 is 0 Å². The van der Waals surface area contributed by atoms with Gasteiger partial charge in [0.2, 0.25) is 0 Å². The highest BCUT2D eigenvalue weighted by atomic mass is 14.9. The van der Waals surface area contributed by atoms with Crippen LogP contribution in [0.2, 0.25) is 0 Å². The first-order valence-electron chi connectivity index (χ1n) is 3.77. The zero-order valence-corrected chi connectivity index (χ0v) is 6.75. The van der Waals surface area contributed by atoms with Crippen molar-refractivity contribution >= 4 is 0 Å². The van der Waals surface area contributed by atoms with Crippen LogP contribution in [0.25, 0.3) is 0 Å². The predicted octanol–water partition coefficient (Wildman–Crippen LogP) is -1.40. The van der Waals surface area contributed by atoms with Gasteiger partial charge in [0, 0.05) is 17.8 Å². The Bertz CT molecular complexity index is 187. The molecule has 4 nitrogen and oxygen atoms in total. The first-order valence-corrected chi connectivity index (χ1v) is 3.77. The Labute approximate surface area is 66.6 Å². The highest BCUT2D eigenvalue weighted by Crippen LogP contribution is 2.18. The van der Waals surface area contributed by atoms with Gasteiger partial charge in [0.1, 0.15) is 0 Å². The van der Waals surface area contributed by atoms with Crippen LogP contribution in [-0.4, -0.2) is 18.1 Å². The molecule has 0 aromatic heterocycles. The molecule has 3 atom stereocenters. The fourth-order valence-electron chi connectivity index (χ4n) is 1.32. The highest BCUT2D eigenvalue weighted by molar-refractivity contribution is 5.25. The standard InChI is InChI=1S/C7H16N4/c1-3-4(8)2-5(9)7(11)6(3)10/h4-5,7H,2,8-11H2,1H3/t4?,5-,7?/m0/s1. The third-order valence-electron chi connectivity index (χ3n) is 2.36. The van der Waals surface area contributed by atoms with Crippen LogP contribution in [0.4, 0.5) is 0 Å². The SMILES string of the molecule is CC1=C(N)C(N)[C@@H](N)CC1N. The highest BCUT2D eigenvalue weighted by Gasteiger charge is 2.27. The lowest BCUT2D eigenvalue weighted by atomic mass is 9.87. The summed E-state index contributed by atoms with van der Waals surface area (Å²) in [6.45, 7) is 1.91. The first-order chi connectivity index (χ1) is 5.04. The van der Waals surface area contributed by atoms with E-state index in [0.717, 1.165) is 12.0 Å². The van der Waals surface area contributed by atoms with Gasteiger partial charge in [-0.15, -0.1) is 0 Å². The summed E-state index contributed by atoms with van der Waals surface area (Å²) in [5.41, 5.74) is 24.5. The lowest BCUT2D eigenvalue weighted by Gasteiger charge is -2.31. The van der Waals surface area contributed by atoms with Gasteiger partial charge in [0.05, 0.1) is 6.04 Å². The lowest BCUT2D eigenvalue weighted by molar-refractivity contribution is 0.465. The molecule has 0 saturated heterocycles. The molecule has 1 rings (SSSR count). The second-order valence-electron chi connectivity index (χ2n) is 3.17. The molecule has 1 aliphatic carbocycles. The maximum absolute atomic E-state index is 5.75. The molecule has 0 heterocycles. The summed E-state index contributed by atoms with van der Waals surface area (Å²) in [5, 5.41) is 0. The van der Waals surface area contributed by atoms with Crippen molar-refractivity contribution in [2.75, 3.05) is 0 Å². The average molecular weight is 156 g/mol. The van der Waals surface area contributed by atoms with Gasteiger partial charge in [-0.2, -0.15) is 0 Å². The third-order valence-corrected chi connectivity index (χ3v) is 2.36. The van der Waals surface area contributed by atoms with Crippen LogP contribution in [0.3, 0.4) is 0 Å². The molecule has 0 aliphatic heterocycles. The first kappa shape index (κ1) is 8.52. The van der Waals surface area contributed by atoms with Crippen molar-refractivity contribution in [3.63, 3.8) is 0 Å². The molecule has 64 valence electrons. The van der Waals surface area contributed by atoms with Gasteiger partial charge in [-0.1, -0.05) is 0 Å². The van der Waals surface area contributed by atoms with Crippen LogP contribution in [0, 0.1) is 0 Å². The Morgan fingerprint density at radius 1 is 1.27 bits per heavy atom. The van der Waals surface area contributed by atoms with E-state index in [1.54, 1.807) is 0 Å². The fraction of sp³-hybridized carbons (Fsp3) is 0.714. The number of nitrogens with two attached hydrogens (primary N) is 4. The van der Waals surface area contributed by atoms with Gasteiger partial charge < -0.3 is 22.9 Å². The fourth-order valence-corrected chi connectivity index (χ4v) is 1.32. The Morgan fingerprint density at radius 3 is 2.36 bits per heavy atom. The van der Waals surface area contributed by atoms with Crippen molar-refractivity contribution in [2.24, 2.45) is 22.9 Å². The number of hydrogen-bond donors (Lipinski definition) is 4. The van der Waals surface area contributed by atoms with Crippen molar-refractivity contribution < 1.29 is 0 Å². The maximum Gasteiger partial charge on any atom is 0.0596 e. The van der Waals surface area contributed by atoms with Gasteiger partial charge >= 0.3 is 0 Å². The molecular formula is C7H16N4. The second kappa shape index (κ2) is 2.81. The molecule has 0 spiro atoms. The molecule has 0 aromatic rings. The van der Waals surface area contributed by atoms with E-state index in [1.165, 1.54) is 0 Å². The van der Waals surface area contributed by atoms with E-state index >= 15 is 0 Å². The molecule has 0 fully saturated rings. The third kappa shape index (κ3) is 1.38. The minimum absolute atomic E-state index is 0.00944. The molecule has 0 saturated carbocycles. The topological polar surface area (TPSA) is 104 Å². The Hall–Kier alpha value is -0.580. The molecule has 0 aromatic carbocycles. The summed E-state index contributed by atoms with van der Waals surface area (Å²) < 4.78 is 0. The Balaban J connectivity index is 2.89. The van der Waals surface area contributed by atoms with E-state index in [9.17, 15) is 0 Å². The summed E-state index contributed by atoms with van der Waals surface area (Å²) in [4.78, 5) is 0. The summed E-state index contributed by atoms with van der Waals surface area (Å²) >= 11 is 0. The van der Waals surface area contributed by atoms with E-state index in [-0.39, 0.29) is 18.1 Å². The van der Waals surface area contributed by atoms with Crippen LogP contribution in [-0.2, 0) is 0 Å². The van der Waals surface area contributed by atoms with Crippen molar-refractivity contribution in [2.45, 2.75) is 31.5 Å². The maximum atomic E-state index is 5.75. The Morgan fingerprint density at radius 2 is 1.82 bits per heavy atom. The molecule has 0 radical (unpaired) electrons. The average Bonchev–Trinajstić information content (AvgIpc) is 1.97. The zero-order chi connectivity index (χ0) is 8.59. The lowest BCUT2D eigenvalue weighted by Crippen LogP contribution is -2.52. The van der Waals surface area contributed by atoms with E-state index in [2.05, 4.69) is 0 Å². The Kier molecular flexibility index (Phi) is 2.17. The normalized spacial score (nSPS) is 39.5. The largest absolute Gasteiger partial charge is 0.401 e. The zero-order valence-electron chi connectivity index (χ0n) is 6.75. The van der Waals surface area contributed by atoms with E-state index < -0.39 is 0 Å². The van der Waals surface area contributed by atoms with Crippen molar-refractivity contribution in [3.05, 3.63) is 11.3 Å². The summed E-state index contributed by atoms with van der Waals surface area (Å²) in [6, 6.07) is -0.312. The number of hydrogen-bond acceptors (Lipinski definition) is 4. The van der Waals surface area contributed by atoms with Crippen LogP contribution in [0.1, 0.15) is 13.3 Å². The van der Waals surface area contributed by atoms with Gasteiger partial charge in [-0.3, -0.25) is 0 Å². The van der Waals surface area contributed by atoms with Gasteiger partial charge in [0.25, 0.3) is 0 Å².